The van der Waals surface area contributed by atoms with E-state index in [0.29, 0.717) is 23.5 Å². The van der Waals surface area contributed by atoms with Crippen molar-refractivity contribution in [3.05, 3.63) is 89.7 Å². The predicted molar refractivity (Wildman–Crippen MR) is 96.6 cm³/mol. The molecule has 1 heterocycles. The van der Waals surface area contributed by atoms with Gasteiger partial charge in [-0.25, -0.2) is 0 Å². The number of rotatable bonds is 7. The Bertz CT molecular complexity index is 857. The van der Waals surface area contributed by atoms with Crippen molar-refractivity contribution in [1.82, 2.24) is 4.98 Å². The van der Waals surface area contributed by atoms with Gasteiger partial charge >= 0.3 is 0 Å². The van der Waals surface area contributed by atoms with Crippen LogP contribution in [-0.4, -0.2) is 16.7 Å². The Morgan fingerprint density at radius 1 is 0.885 bits per heavy atom. The Kier molecular flexibility index (Phi) is 5.81. The Hall–Kier alpha value is -3.36. The van der Waals surface area contributed by atoms with Crippen molar-refractivity contribution in [3.63, 3.8) is 0 Å². The molecule has 1 N–H and O–H groups in total. The van der Waals surface area contributed by atoms with Gasteiger partial charge in [-0.15, -0.1) is 0 Å². The minimum atomic E-state index is -0.759. The molecule has 130 valence electrons. The van der Waals surface area contributed by atoms with Crippen molar-refractivity contribution in [1.29, 1.82) is 5.26 Å². The molecule has 0 bridgehead atoms. The molecule has 0 fully saturated rings. The van der Waals surface area contributed by atoms with Crippen LogP contribution < -0.4 is 9.47 Å². The molecule has 3 rings (SSSR count). The smallest absolute Gasteiger partial charge is 0.120 e. The lowest BCUT2D eigenvalue weighted by Crippen LogP contribution is -2.09. The van der Waals surface area contributed by atoms with Gasteiger partial charge < -0.3 is 14.6 Å². The van der Waals surface area contributed by atoms with Gasteiger partial charge in [0, 0.05) is 12.4 Å². The third-order valence-corrected chi connectivity index (χ3v) is 3.81. The summed E-state index contributed by atoms with van der Waals surface area (Å²) in [7, 11) is 0. The van der Waals surface area contributed by atoms with Gasteiger partial charge in [0.1, 0.15) is 30.8 Å². The fourth-order valence-corrected chi connectivity index (χ4v) is 2.33. The first-order chi connectivity index (χ1) is 12.7. The first-order valence-electron chi connectivity index (χ1n) is 8.17. The molecule has 5 heteroatoms. The molecule has 0 aliphatic heterocycles. The molecule has 1 aromatic heterocycles. The van der Waals surface area contributed by atoms with E-state index in [-0.39, 0.29) is 6.61 Å². The molecule has 26 heavy (non-hydrogen) atoms. The van der Waals surface area contributed by atoms with Crippen molar-refractivity contribution in [2.75, 3.05) is 6.61 Å². The number of nitriles is 1. The molecule has 3 aromatic rings. The number of aromatic nitrogens is 1. The minimum absolute atomic E-state index is 0.128. The molecule has 0 saturated carbocycles. The van der Waals surface area contributed by atoms with E-state index in [0.717, 1.165) is 11.3 Å². The predicted octanol–water partition coefficient (Wildman–Crippen LogP) is 3.64. The van der Waals surface area contributed by atoms with Gasteiger partial charge in [-0.2, -0.15) is 5.26 Å². The van der Waals surface area contributed by atoms with Gasteiger partial charge in [0.05, 0.1) is 11.6 Å². The monoisotopic (exact) mass is 346 g/mol. The van der Waals surface area contributed by atoms with Crippen molar-refractivity contribution >= 4 is 0 Å². The molecule has 0 aliphatic carbocycles. The summed E-state index contributed by atoms with van der Waals surface area (Å²) in [6.45, 7) is 0.600. The maximum atomic E-state index is 10.2. The second-order valence-corrected chi connectivity index (χ2v) is 5.68. The van der Waals surface area contributed by atoms with Crippen molar-refractivity contribution in [2.24, 2.45) is 0 Å². The van der Waals surface area contributed by atoms with Crippen LogP contribution in [0.4, 0.5) is 0 Å². The molecule has 1 atom stereocenters. The largest absolute Gasteiger partial charge is 0.491 e. The number of aliphatic hydroxyl groups excluding tert-OH is 1. The second-order valence-electron chi connectivity index (χ2n) is 5.68. The number of nitrogens with zero attached hydrogens (tertiary/aromatic N) is 2. The lowest BCUT2D eigenvalue weighted by Gasteiger charge is -2.13. The lowest BCUT2D eigenvalue weighted by atomic mass is 10.1. The van der Waals surface area contributed by atoms with Gasteiger partial charge in [-0.1, -0.05) is 12.1 Å². The number of ether oxygens (including phenoxy) is 2. The average Bonchev–Trinajstić information content (AvgIpc) is 2.72. The third-order valence-electron chi connectivity index (χ3n) is 3.81. The summed E-state index contributed by atoms with van der Waals surface area (Å²) >= 11 is 0. The van der Waals surface area contributed by atoms with Gasteiger partial charge in [-0.3, -0.25) is 4.98 Å². The highest BCUT2D eigenvalue weighted by Gasteiger charge is 2.08. The van der Waals surface area contributed by atoms with E-state index in [9.17, 15) is 5.11 Å². The Labute approximate surface area is 152 Å². The summed E-state index contributed by atoms with van der Waals surface area (Å²) in [5.74, 6) is 1.38. The summed E-state index contributed by atoms with van der Waals surface area (Å²) in [5.41, 5.74) is 2.32. The van der Waals surface area contributed by atoms with E-state index in [1.165, 1.54) is 0 Å². The zero-order valence-electron chi connectivity index (χ0n) is 14.1. The van der Waals surface area contributed by atoms with Crippen LogP contribution in [0, 0.1) is 11.3 Å². The van der Waals surface area contributed by atoms with E-state index in [2.05, 4.69) is 4.98 Å². The van der Waals surface area contributed by atoms with Crippen molar-refractivity contribution in [3.8, 4) is 17.6 Å². The SMILES string of the molecule is N#Cc1ccc(C(O)COc2ccc(OCc3ccncc3)cc2)cc1. The van der Waals surface area contributed by atoms with Crippen LogP contribution in [0.3, 0.4) is 0 Å². The van der Waals surface area contributed by atoms with Crippen LogP contribution in [0.1, 0.15) is 22.8 Å². The van der Waals surface area contributed by atoms with Gasteiger partial charge in [0.15, 0.2) is 0 Å². The van der Waals surface area contributed by atoms with Crippen LogP contribution >= 0.6 is 0 Å². The Morgan fingerprint density at radius 3 is 2.12 bits per heavy atom. The van der Waals surface area contributed by atoms with Crippen LogP contribution in [0.15, 0.2) is 73.1 Å². The number of pyridine rings is 1. The Morgan fingerprint density at radius 2 is 1.50 bits per heavy atom. The first-order valence-corrected chi connectivity index (χ1v) is 8.17. The summed E-state index contributed by atoms with van der Waals surface area (Å²) < 4.78 is 11.3. The zero-order chi connectivity index (χ0) is 18.2. The Balaban J connectivity index is 1.50. The van der Waals surface area contributed by atoms with Crippen LogP contribution in [-0.2, 0) is 6.61 Å². The molecule has 2 aromatic carbocycles. The van der Waals surface area contributed by atoms with Crippen molar-refractivity contribution < 1.29 is 14.6 Å². The first kappa shape index (κ1) is 17.5. The van der Waals surface area contributed by atoms with Crippen LogP contribution in [0.5, 0.6) is 11.5 Å². The minimum Gasteiger partial charge on any atom is -0.491 e. The summed E-state index contributed by atoms with van der Waals surface area (Å²) in [4.78, 5) is 3.97. The van der Waals surface area contributed by atoms with Crippen LogP contribution in [0.2, 0.25) is 0 Å². The summed E-state index contributed by atoms with van der Waals surface area (Å²) in [5, 5.41) is 19.0. The normalized spacial score (nSPS) is 11.4. The topological polar surface area (TPSA) is 75.4 Å². The second kappa shape index (κ2) is 8.65. The maximum Gasteiger partial charge on any atom is 0.120 e. The number of hydrogen-bond acceptors (Lipinski definition) is 5. The molecular weight excluding hydrogens is 328 g/mol. The summed E-state index contributed by atoms with van der Waals surface area (Å²) in [6, 6.07) is 19.9. The molecule has 0 saturated heterocycles. The third kappa shape index (κ3) is 4.82. The standard InChI is InChI=1S/C21H18N2O3/c22-13-16-1-3-18(4-2-16)21(24)15-26-20-7-5-19(6-8-20)25-14-17-9-11-23-12-10-17/h1-12,21,24H,14-15H2. The van der Waals surface area contributed by atoms with E-state index >= 15 is 0 Å². The number of benzene rings is 2. The van der Waals surface area contributed by atoms with E-state index in [1.807, 2.05) is 30.3 Å². The fourth-order valence-electron chi connectivity index (χ4n) is 2.33. The molecular formula is C21H18N2O3. The highest BCUT2D eigenvalue weighted by Crippen LogP contribution is 2.21. The van der Waals surface area contributed by atoms with Gasteiger partial charge in [0.2, 0.25) is 0 Å². The molecule has 0 spiro atoms. The highest BCUT2D eigenvalue weighted by atomic mass is 16.5. The summed E-state index contributed by atoms with van der Waals surface area (Å²) in [6.07, 6.45) is 2.70. The van der Waals surface area contributed by atoms with E-state index < -0.39 is 6.10 Å². The van der Waals surface area contributed by atoms with Gasteiger partial charge in [0.25, 0.3) is 0 Å². The molecule has 5 nitrogen and oxygen atoms in total. The molecule has 0 amide bonds. The lowest BCUT2D eigenvalue weighted by molar-refractivity contribution is 0.108. The molecule has 0 aliphatic rings. The van der Waals surface area contributed by atoms with Gasteiger partial charge in [-0.05, 0) is 59.7 Å². The zero-order valence-corrected chi connectivity index (χ0v) is 14.1. The fraction of sp³-hybridized carbons (Fsp3) is 0.143. The van der Waals surface area contributed by atoms with Crippen molar-refractivity contribution in [2.45, 2.75) is 12.7 Å². The maximum absolute atomic E-state index is 10.2. The molecule has 0 radical (unpaired) electrons. The van der Waals surface area contributed by atoms with Crippen LogP contribution in [0.25, 0.3) is 0 Å². The molecule has 1 unspecified atom stereocenters. The number of aliphatic hydroxyl groups is 1. The van der Waals surface area contributed by atoms with E-state index in [4.69, 9.17) is 14.7 Å². The quantitative estimate of drug-likeness (QED) is 0.707. The average molecular weight is 346 g/mol. The van der Waals surface area contributed by atoms with E-state index in [1.54, 1.807) is 48.8 Å². The highest BCUT2D eigenvalue weighted by molar-refractivity contribution is 5.33. The number of hydrogen-bond donors (Lipinski definition) is 1.